The lowest BCUT2D eigenvalue weighted by molar-refractivity contribution is 0.0695. The van der Waals surface area contributed by atoms with Gasteiger partial charge < -0.3 is 9.84 Å². The van der Waals surface area contributed by atoms with E-state index in [0.717, 1.165) is 18.2 Å². The summed E-state index contributed by atoms with van der Waals surface area (Å²) in [7, 11) is 0. The van der Waals surface area contributed by atoms with Gasteiger partial charge in [-0.3, -0.25) is 0 Å². The maximum Gasteiger partial charge on any atom is 0.335 e. The highest BCUT2D eigenvalue weighted by Gasteiger charge is 2.17. The molecule has 2 aromatic rings. The molecule has 0 bridgehead atoms. The zero-order valence-electron chi connectivity index (χ0n) is 10.2. The van der Waals surface area contributed by atoms with Crippen molar-refractivity contribution in [1.82, 2.24) is 0 Å². The molecule has 0 saturated carbocycles. The zero-order valence-corrected chi connectivity index (χ0v) is 10.2. The summed E-state index contributed by atoms with van der Waals surface area (Å²) >= 11 is 0. The van der Waals surface area contributed by atoms with E-state index < -0.39 is 34.7 Å². The number of ether oxygens (including phenoxy) is 1. The SMILES string of the molecule is N#Cc1ccc(Oc2c(F)cc(C(=O)O)cc2F)cc1F. The fourth-order valence-corrected chi connectivity index (χ4v) is 1.55. The molecule has 0 aliphatic rings. The lowest BCUT2D eigenvalue weighted by Gasteiger charge is -2.09. The number of nitriles is 1. The Morgan fingerprint density at radius 3 is 2.19 bits per heavy atom. The fourth-order valence-electron chi connectivity index (χ4n) is 1.55. The third-order valence-electron chi connectivity index (χ3n) is 2.53. The van der Waals surface area contributed by atoms with E-state index in [2.05, 4.69) is 0 Å². The third kappa shape index (κ3) is 2.95. The van der Waals surface area contributed by atoms with Crippen LogP contribution in [0.4, 0.5) is 13.2 Å². The summed E-state index contributed by atoms with van der Waals surface area (Å²) in [4.78, 5) is 10.6. The summed E-state index contributed by atoms with van der Waals surface area (Å²) < 4.78 is 45.5. The van der Waals surface area contributed by atoms with Crippen molar-refractivity contribution < 1.29 is 27.8 Å². The molecule has 0 unspecified atom stereocenters. The molecule has 106 valence electrons. The van der Waals surface area contributed by atoms with Crippen LogP contribution in [0.5, 0.6) is 11.5 Å². The second-order valence-electron chi connectivity index (χ2n) is 3.93. The largest absolute Gasteiger partial charge is 0.478 e. The third-order valence-corrected chi connectivity index (χ3v) is 2.53. The number of aromatic carboxylic acids is 1. The van der Waals surface area contributed by atoms with Crippen molar-refractivity contribution in [3.05, 3.63) is 58.9 Å². The number of benzene rings is 2. The molecule has 0 amide bonds. The van der Waals surface area contributed by atoms with E-state index in [4.69, 9.17) is 15.1 Å². The van der Waals surface area contributed by atoms with E-state index in [1.165, 1.54) is 0 Å². The molecule has 4 nitrogen and oxygen atoms in total. The Labute approximate surface area is 116 Å². The second kappa shape index (κ2) is 5.54. The van der Waals surface area contributed by atoms with Crippen molar-refractivity contribution in [2.45, 2.75) is 0 Å². The summed E-state index contributed by atoms with van der Waals surface area (Å²) in [5.74, 6) is -5.97. The summed E-state index contributed by atoms with van der Waals surface area (Å²) in [6.07, 6.45) is 0. The maximum absolute atomic E-state index is 13.6. The first-order valence-corrected chi connectivity index (χ1v) is 5.52. The van der Waals surface area contributed by atoms with E-state index >= 15 is 0 Å². The van der Waals surface area contributed by atoms with Crippen LogP contribution in [-0.2, 0) is 0 Å². The van der Waals surface area contributed by atoms with Gasteiger partial charge in [0.15, 0.2) is 17.4 Å². The molecule has 7 heteroatoms. The predicted molar refractivity (Wildman–Crippen MR) is 64.5 cm³/mol. The van der Waals surface area contributed by atoms with Crippen molar-refractivity contribution in [1.29, 1.82) is 5.26 Å². The molecule has 0 fully saturated rings. The van der Waals surface area contributed by atoms with Gasteiger partial charge in [-0.1, -0.05) is 0 Å². The zero-order chi connectivity index (χ0) is 15.6. The Morgan fingerprint density at radius 2 is 1.71 bits per heavy atom. The minimum Gasteiger partial charge on any atom is -0.478 e. The molecule has 0 aromatic heterocycles. The standard InChI is InChI=1S/C14H6F3NO3/c15-10-5-9(2-1-7(10)6-18)21-13-11(16)3-8(14(19)20)4-12(13)17/h1-5H,(H,19,20). The van der Waals surface area contributed by atoms with Gasteiger partial charge in [0, 0.05) is 6.07 Å². The molecular weight excluding hydrogens is 287 g/mol. The number of halogens is 3. The van der Waals surface area contributed by atoms with Gasteiger partial charge in [-0.25, -0.2) is 18.0 Å². The number of hydrogen-bond acceptors (Lipinski definition) is 3. The Bertz CT molecular complexity index is 746. The smallest absolute Gasteiger partial charge is 0.335 e. The quantitative estimate of drug-likeness (QED) is 0.940. The summed E-state index contributed by atoms with van der Waals surface area (Å²) in [5, 5.41) is 17.2. The molecule has 0 radical (unpaired) electrons. The Balaban J connectivity index is 2.38. The number of carboxylic acids is 1. The van der Waals surface area contributed by atoms with Crippen molar-refractivity contribution in [2.24, 2.45) is 0 Å². The second-order valence-corrected chi connectivity index (χ2v) is 3.93. The van der Waals surface area contributed by atoms with Crippen molar-refractivity contribution in [2.75, 3.05) is 0 Å². The van der Waals surface area contributed by atoms with Crippen LogP contribution < -0.4 is 4.74 Å². The van der Waals surface area contributed by atoms with E-state index in [1.807, 2.05) is 0 Å². The van der Waals surface area contributed by atoms with Crippen LogP contribution in [0.1, 0.15) is 15.9 Å². The normalized spacial score (nSPS) is 10.0. The number of hydrogen-bond donors (Lipinski definition) is 1. The molecule has 0 aliphatic heterocycles. The highest BCUT2D eigenvalue weighted by atomic mass is 19.1. The number of carboxylic acid groups (broad SMARTS) is 1. The first kappa shape index (κ1) is 14.4. The molecule has 0 saturated heterocycles. The van der Waals surface area contributed by atoms with Gasteiger partial charge in [-0.05, 0) is 24.3 Å². The van der Waals surface area contributed by atoms with E-state index in [1.54, 1.807) is 6.07 Å². The Kier molecular flexibility index (Phi) is 3.80. The lowest BCUT2D eigenvalue weighted by Crippen LogP contribution is -2.01. The number of nitrogens with zero attached hydrogens (tertiary/aromatic N) is 1. The number of carbonyl (C=O) groups is 1. The van der Waals surface area contributed by atoms with Gasteiger partial charge in [0.1, 0.15) is 17.6 Å². The molecule has 1 N–H and O–H groups in total. The first-order valence-electron chi connectivity index (χ1n) is 5.52. The van der Waals surface area contributed by atoms with Gasteiger partial charge in [-0.2, -0.15) is 5.26 Å². The molecule has 0 aliphatic carbocycles. The summed E-state index contributed by atoms with van der Waals surface area (Å²) in [6, 6.07) is 5.80. The monoisotopic (exact) mass is 293 g/mol. The molecule has 0 atom stereocenters. The molecular formula is C14H6F3NO3. The van der Waals surface area contributed by atoms with Crippen LogP contribution in [0, 0.1) is 28.8 Å². The van der Waals surface area contributed by atoms with Crippen LogP contribution in [0.15, 0.2) is 30.3 Å². The first-order chi connectivity index (χ1) is 9.92. The van der Waals surface area contributed by atoms with E-state index in [9.17, 15) is 18.0 Å². The van der Waals surface area contributed by atoms with Crippen molar-refractivity contribution >= 4 is 5.97 Å². The van der Waals surface area contributed by atoms with Crippen molar-refractivity contribution in [3.63, 3.8) is 0 Å². The van der Waals surface area contributed by atoms with E-state index in [0.29, 0.717) is 12.1 Å². The van der Waals surface area contributed by atoms with Crippen LogP contribution in [0.25, 0.3) is 0 Å². The van der Waals surface area contributed by atoms with Crippen LogP contribution in [0.2, 0.25) is 0 Å². The number of rotatable bonds is 3. The Morgan fingerprint density at radius 1 is 1.10 bits per heavy atom. The van der Waals surface area contributed by atoms with Gasteiger partial charge in [0.25, 0.3) is 0 Å². The van der Waals surface area contributed by atoms with Gasteiger partial charge in [0.2, 0.25) is 0 Å². The molecule has 21 heavy (non-hydrogen) atoms. The fraction of sp³-hybridized carbons (Fsp3) is 0. The average molecular weight is 293 g/mol. The van der Waals surface area contributed by atoms with Crippen LogP contribution in [-0.4, -0.2) is 11.1 Å². The minimum absolute atomic E-state index is 0.229. The highest BCUT2D eigenvalue weighted by molar-refractivity contribution is 5.87. The molecule has 2 aromatic carbocycles. The maximum atomic E-state index is 13.6. The van der Waals surface area contributed by atoms with Gasteiger partial charge >= 0.3 is 5.97 Å². The minimum atomic E-state index is -1.50. The Hall–Kier alpha value is -3.01. The lowest BCUT2D eigenvalue weighted by atomic mass is 10.2. The molecule has 2 rings (SSSR count). The average Bonchev–Trinajstić information content (AvgIpc) is 2.42. The van der Waals surface area contributed by atoms with Gasteiger partial charge in [0.05, 0.1) is 11.1 Å². The highest BCUT2D eigenvalue weighted by Crippen LogP contribution is 2.29. The molecule has 0 heterocycles. The molecule has 0 spiro atoms. The summed E-state index contributed by atoms with van der Waals surface area (Å²) in [6.45, 7) is 0. The topological polar surface area (TPSA) is 70.3 Å². The van der Waals surface area contributed by atoms with Crippen molar-refractivity contribution in [3.8, 4) is 17.6 Å². The van der Waals surface area contributed by atoms with Gasteiger partial charge in [-0.15, -0.1) is 0 Å². The van der Waals surface area contributed by atoms with E-state index in [-0.39, 0.29) is 11.3 Å². The summed E-state index contributed by atoms with van der Waals surface area (Å²) in [5.41, 5.74) is -0.826. The van der Waals surface area contributed by atoms with Crippen LogP contribution in [0.3, 0.4) is 0 Å². The van der Waals surface area contributed by atoms with Crippen LogP contribution >= 0.6 is 0 Å². The predicted octanol–water partition coefficient (Wildman–Crippen LogP) is 3.47.